The van der Waals surface area contributed by atoms with Gasteiger partial charge in [-0.25, -0.2) is 4.39 Å². The van der Waals surface area contributed by atoms with Crippen LogP contribution < -0.4 is 0 Å². The summed E-state index contributed by atoms with van der Waals surface area (Å²) in [5, 5.41) is 0. The highest BCUT2D eigenvalue weighted by atomic mass is 19.1. The summed E-state index contributed by atoms with van der Waals surface area (Å²) in [6.07, 6.45) is 2.37. The molecule has 2 saturated heterocycles. The van der Waals surface area contributed by atoms with Crippen LogP contribution in [0, 0.1) is 18.2 Å². The third-order valence-electron chi connectivity index (χ3n) is 4.31. The first-order valence-corrected chi connectivity index (χ1v) is 7.72. The van der Waals surface area contributed by atoms with E-state index in [1.54, 1.807) is 13.0 Å². The van der Waals surface area contributed by atoms with Crippen LogP contribution in [0.1, 0.15) is 37.8 Å². The van der Waals surface area contributed by atoms with E-state index in [0.717, 1.165) is 44.0 Å². The molecular formula is C17H26FNO. The van der Waals surface area contributed by atoms with E-state index >= 15 is 0 Å². The van der Waals surface area contributed by atoms with Gasteiger partial charge in [0.05, 0.1) is 0 Å². The van der Waals surface area contributed by atoms with Crippen molar-refractivity contribution < 1.29 is 9.13 Å². The molecule has 2 heterocycles. The predicted molar refractivity (Wildman–Crippen MR) is 80.2 cm³/mol. The topological polar surface area (TPSA) is 12.5 Å². The zero-order chi connectivity index (χ0) is 14.6. The second kappa shape index (κ2) is 6.68. The molecule has 1 aromatic carbocycles. The fourth-order valence-corrected chi connectivity index (χ4v) is 3.13. The van der Waals surface area contributed by atoms with Crippen LogP contribution in [0.2, 0.25) is 0 Å². The summed E-state index contributed by atoms with van der Waals surface area (Å²) in [5.74, 6) is -0.0891. The summed E-state index contributed by atoms with van der Waals surface area (Å²) in [6, 6.07) is 5.58. The summed E-state index contributed by atoms with van der Waals surface area (Å²) < 4.78 is 18.9. The highest BCUT2D eigenvalue weighted by molar-refractivity contribution is 5.23. The van der Waals surface area contributed by atoms with Gasteiger partial charge in [0.1, 0.15) is 5.82 Å². The number of likely N-dealkylation sites (tertiary alicyclic amines) is 1. The van der Waals surface area contributed by atoms with Gasteiger partial charge in [-0.15, -0.1) is 0 Å². The van der Waals surface area contributed by atoms with Gasteiger partial charge in [0.2, 0.25) is 0 Å². The Morgan fingerprint density at radius 1 is 1.20 bits per heavy atom. The van der Waals surface area contributed by atoms with Crippen molar-refractivity contribution in [2.75, 3.05) is 26.3 Å². The third-order valence-corrected chi connectivity index (χ3v) is 4.31. The summed E-state index contributed by atoms with van der Waals surface area (Å²) in [6.45, 7) is 10.8. The number of benzene rings is 1. The van der Waals surface area contributed by atoms with Crippen molar-refractivity contribution in [1.29, 1.82) is 0 Å². The molecule has 0 saturated carbocycles. The van der Waals surface area contributed by atoms with Crippen LogP contribution in [0.3, 0.4) is 0 Å². The lowest BCUT2D eigenvalue weighted by molar-refractivity contribution is -0.0839. The molecule has 3 heteroatoms. The fraction of sp³-hybridized carbons (Fsp3) is 0.647. The minimum absolute atomic E-state index is 0.0891. The number of aryl methyl sites for hydroxylation is 1. The molecule has 0 bridgehead atoms. The smallest absolute Gasteiger partial charge is 0.126 e. The van der Waals surface area contributed by atoms with Crippen LogP contribution in [0.15, 0.2) is 18.2 Å². The number of hydrogen-bond donors (Lipinski definition) is 0. The summed E-state index contributed by atoms with van der Waals surface area (Å²) in [5.41, 5.74) is 2.31. The van der Waals surface area contributed by atoms with E-state index in [-0.39, 0.29) is 5.82 Å². The molecule has 2 fully saturated rings. The minimum atomic E-state index is -0.0891. The van der Waals surface area contributed by atoms with Gasteiger partial charge in [0.15, 0.2) is 0 Å². The molecular weight excluding hydrogens is 253 g/mol. The van der Waals surface area contributed by atoms with Crippen molar-refractivity contribution in [3.63, 3.8) is 0 Å². The Bertz CT molecular complexity index is 433. The van der Waals surface area contributed by atoms with Crippen LogP contribution in [-0.4, -0.2) is 31.2 Å². The largest absolute Gasteiger partial charge is 0.381 e. The Labute approximate surface area is 121 Å². The lowest BCUT2D eigenvalue weighted by atomic mass is 9.73. The summed E-state index contributed by atoms with van der Waals surface area (Å²) >= 11 is 0. The molecule has 2 aliphatic heterocycles. The molecule has 2 nitrogen and oxygen atoms in total. The van der Waals surface area contributed by atoms with Crippen LogP contribution in [0.25, 0.3) is 0 Å². The molecule has 0 amide bonds. The molecule has 20 heavy (non-hydrogen) atoms. The van der Waals surface area contributed by atoms with E-state index in [9.17, 15) is 4.39 Å². The highest BCUT2D eigenvalue weighted by Crippen LogP contribution is 2.40. The number of halogens is 1. The number of rotatable bonds is 2. The molecule has 112 valence electrons. The summed E-state index contributed by atoms with van der Waals surface area (Å²) in [7, 11) is 0. The molecule has 0 N–H and O–H groups in total. The van der Waals surface area contributed by atoms with Gasteiger partial charge in [-0.3, -0.25) is 4.90 Å². The zero-order valence-corrected chi connectivity index (χ0v) is 12.9. The zero-order valence-electron chi connectivity index (χ0n) is 12.9. The van der Waals surface area contributed by atoms with Crippen molar-refractivity contribution in [2.45, 2.75) is 40.2 Å². The number of ether oxygens (including phenoxy) is 1. The molecule has 2 aliphatic rings. The van der Waals surface area contributed by atoms with Gasteiger partial charge >= 0.3 is 0 Å². The molecule has 0 aromatic heterocycles. The third kappa shape index (κ3) is 3.39. The Hall–Kier alpha value is -0.930. The lowest BCUT2D eigenvalue weighted by Crippen LogP contribution is -2.57. The fourth-order valence-electron chi connectivity index (χ4n) is 3.13. The molecule has 0 atom stereocenters. The predicted octanol–water partition coefficient (Wildman–Crippen LogP) is 3.77. The maximum absolute atomic E-state index is 13.5. The van der Waals surface area contributed by atoms with Crippen molar-refractivity contribution in [2.24, 2.45) is 5.41 Å². The Morgan fingerprint density at radius 2 is 1.85 bits per heavy atom. The van der Waals surface area contributed by atoms with E-state index in [0.29, 0.717) is 5.41 Å². The van der Waals surface area contributed by atoms with Gasteiger partial charge in [0, 0.05) is 38.3 Å². The van der Waals surface area contributed by atoms with Crippen LogP contribution in [-0.2, 0) is 11.3 Å². The number of nitrogens with zero attached hydrogens (tertiary/aromatic N) is 1. The average molecular weight is 279 g/mol. The van der Waals surface area contributed by atoms with Gasteiger partial charge in [-0.2, -0.15) is 0 Å². The molecule has 0 radical (unpaired) electrons. The first-order chi connectivity index (χ1) is 9.67. The van der Waals surface area contributed by atoms with Crippen LogP contribution >= 0.6 is 0 Å². The second-order valence-corrected chi connectivity index (χ2v) is 5.84. The SMILES string of the molecule is CC.Cc1ccc(CN2CC3(CCOCC3)C2)cc1F. The van der Waals surface area contributed by atoms with Crippen molar-refractivity contribution >= 4 is 0 Å². The van der Waals surface area contributed by atoms with Crippen LogP contribution in [0.5, 0.6) is 0 Å². The maximum Gasteiger partial charge on any atom is 0.126 e. The highest BCUT2D eigenvalue weighted by Gasteiger charge is 2.43. The van der Waals surface area contributed by atoms with Crippen molar-refractivity contribution in [1.82, 2.24) is 4.90 Å². The molecule has 1 spiro atoms. The molecule has 0 aliphatic carbocycles. The van der Waals surface area contributed by atoms with Crippen molar-refractivity contribution in [3.8, 4) is 0 Å². The normalized spacial score (nSPS) is 21.0. The van der Waals surface area contributed by atoms with Crippen LogP contribution in [0.4, 0.5) is 4.39 Å². The van der Waals surface area contributed by atoms with Gasteiger partial charge in [0.25, 0.3) is 0 Å². The molecule has 0 unspecified atom stereocenters. The standard InChI is InChI=1S/C15H20FNO.C2H6/c1-12-2-3-13(8-14(12)16)9-17-10-15(11-17)4-6-18-7-5-15;1-2/h2-3,8H,4-7,9-11H2,1H3;1-2H3. The Kier molecular flexibility index (Phi) is 5.17. The molecule has 3 rings (SSSR count). The van der Waals surface area contributed by atoms with E-state index < -0.39 is 0 Å². The number of hydrogen-bond acceptors (Lipinski definition) is 2. The quantitative estimate of drug-likeness (QED) is 0.817. The summed E-state index contributed by atoms with van der Waals surface area (Å²) in [4.78, 5) is 2.41. The Balaban J connectivity index is 0.000000704. The average Bonchev–Trinajstić information content (AvgIpc) is 2.45. The minimum Gasteiger partial charge on any atom is -0.381 e. The maximum atomic E-state index is 13.5. The first kappa shape index (κ1) is 15.5. The second-order valence-electron chi connectivity index (χ2n) is 5.84. The lowest BCUT2D eigenvalue weighted by Gasteiger charge is -2.52. The van der Waals surface area contributed by atoms with E-state index in [1.807, 2.05) is 26.0 Å². The van der Waals surface area contributed by atoms with Crippen molar-refractivity contribution in [3.05, 3.63) is 35.1 Å². The van der Waals surface area contributed by atoms with Gasteiger partial charge < -0.3 is 4.74 Å². The molecule has 1 aromatic rings. The Morgan fingerprint density at radius 3 is 2.45 bits per heavy atom. The monoisotopic (exact) mass is 279 g/mol. The van der Waals surface area contributed by atoms with E-state index in [1.165, 1.54) is 12.8 Å². The van der Waals surface area contributed by atoms with E-state index in [4.69, 9.17) is 4.74 Å². The van der Waals surface area contributed by atoms with Gasteiger partial charge in [-0.05, 0) is 37.0 Å². The first-order valence-electron chi connectivity index (χ1n) is 7.72. The van der Waals surface area contributed by atoms with E-state index in [2.05, 4.69) is 4.90 Å². The van der Waals surface area contributed by atoms with Gasteiger partial charge in [-0.1, -0.05) is 26.0 Å².